The molecule has 1 fully saturated rings. The third-order valence-corrected chi connectivity index (χ3v) is 4.58. The maximum atomic E-state index is 12.7. The van der Waals surface area contributed by atoms with Crippen molar-refractivity contribution in [3.63, 3.8) is 0 Å². The minimum Gasteiger partial charge on any atom is -0.344 e. The molecule has 5 heteroatoms. The average molecular weight is 324 g/mol. The lowest BCUT2D eigenvalue weighted by atomic mass is 9.72. The minimum absolute atomic E-state index is 0.00612. The third kappa shape index (κ3) is 5.41. The van der Waals surface area contributed by atoms with Gasteiger partial charge in [0.1, 0.15) is 0 Å². The Hall–Kier alpha value is -1.23. The molecule has 0 unspecified atom stereocenters. The second kappa shape index (κ2) is 8.04. The van der Waals surface area contributed by atoms with E-state index in [9.17, 15) is 14.4 Å². The Balaban J connectivity index is 2.83. The van der Waals surface area contributed by atoms with Gasteiger partial charge in [-0.1, -0.05) is 33.6 Å². The number of Topliss-reactive ketones (excluding diaryl/α,β-unsaturated/α-hetero) is 2. The molecule has 2 atom stereocenters. The standard InChI is InChI=1S/C18H32N2O3/c1-18(2,3)16(22)15(21)13-9-7-8-10-14(13)17(23)20(6)12-11-19(4)5/h13-14H,7-12H2,1-6H3/t13-,14+/m1/s1. The fourth-order valence-electron chi connectivity index (χ4n) is 3.02. The van der Waals surface area contributed by atoms with Crippen molar-refractivity contribution in [2.45, 2.75) is 46.5 Å². The molecule has 0 saturated heterocycles. The molecule has 1 saturated carbocycles. The van der Waals surface area contributed by atoms with E-state index < -0.39 is 11.3 Å². The van der Waals surface area contributed by atoms with Crippen LogP contribution in [0.25, 0.3) is 0 Å². The van der Waals surface area contributed by atoms with E-state index in [-0.39, 0.29) is 23.4 Å². The van der Waals surface area contributed by atoms with Crippen LogP contribution >= 0.6 is 0 Å². The fourth-order valence-corrected chi connectivity index (χ4v) is 3.02. The Kier molecular flexibility index (Phi) is 6.93. The van der Waals surface area contributed by atoms with Crippen molar-refractivity contribution >= 4 is 17.5 Å². The molecule has 0 aromatic rings. The molecule has 0 aliphatic heterocycles. The predicted octanol–water partition coefficient (Wildman–Crippen LogP) is 2.00. The van der Waals surface area contributed by atoms with Gasteiger partial charge in [-0.3, -0.25) is 14.4 Å². The van der Waals surface area contributed by atoms with Crippen molar-refractivity contribution in [2.75, 3.05) is 34.2 Å². The third-order valence-electron chi connectivity index (χ3n) is 4.58. The Bertz CT molecular complexity index is 452. The highest BCUT2D eigenvalue weighted by Gasteiger charge is 2.41. The summed E-state index contributed by atoms with van der Waals surface area (Å²) in [5, 5.41) is 0. The van der Waals surface area contributed by atoms with Gasteiger partial charge in [0.25, 0.3) is 0 Å². The number of ketones is 2. The van der Waals surface area contributed by atoms with E-state index in [0.717, 1.165) is 19.4 Å². The second-order valence-electron chi connectivity index (χ2n) is 8.00. The van der Waals surface area contributed by atoms with Crippen LogP contribution in [0.5, 0.6) is 0 Å². The van der Waals surface area contributed by atoms with Gasteiger partial charge in [0.15, 0.2) is 0 Å². The first-order chi connectivity index (χ1) is 10.6. The molecule has 1 aliphatic carbocycles. The number of rotatable bonds is 6. The van der Waals surface area contributed by atoms with Crippen molar-refractivity contribution < 1.29 is 14.4 Å². The van der Waals surface area contributed by atoms with Crippen molar-refractivity contribution in [1.29, 1.82) is 0 Å². The summed E-state index contributed by atoms with van der Waals surface area (Å²) < 4.78 is 0. The van der Waals surface area contributed by atoms with Crippen molar-refractivity contribution in [1.82, 2.24) is 9.80 Å². The molecule has 0 heterocycles. The summed E-state index contributed by atoms with van der Waals surface area (Å²) in [7, 11) is 5.72. The smallest absolute Gasteiger partial charge is 0.226 e. The molecule has 0 spiro atoms. The van der Waals surface area contributed by atoms with Crippen LogP contribution in [0, 0.1) is 17.3 Å². The summed E-state index contributed by atoms with van der Waals surface area (Å²) >= 11 is 0. The van der Waals surface area contributed by atoms with Gasteiger partial charge in [-0.15, -0.1) is 0 Å². The molecular weight excluding hydrogens is 292 g/mol. The van der Waals surface area contributed by atoms with E-state index in [1.165, 1.54) is 0 Å². The van der Waals surface area contributed by atoms with E-state index in [1.807, 2.05) is 19.0 Å². The van der Waals surface area contributed by atoms with Crippen molar-refractivity contribution in [3.8, 4) is 0 Å². The van der Waals surface area contributed by atoms with Gasteiger partial charge in [-0.25, -0.2) is 0 Å². The van der Waals surface area contributed by atoms with E-state index in [4.69, 9.17) is 0 Å². The first kappa shape index (κ1) is 19.8. The van der Waals surface area contributed by atoms with E-state index in [2.05, 4.69) is 0 Å². The molecule has 0 aromatic heterocycles. The lowest BCUT2D eigenvalue weighted by Gasteiger charge is -2.33. The second-order valence-corrected chi connectivity index (χ2v) is 8.00. The number of hydrogen-bond acceptors (Lipinski definition) is 4. The van der Waals surface area contributed by atoms with Crippen molar-refractivity contribution in [3.05, 3.63) is 0 Å². The van der Waals surface area contributed by atoms with Gasteiger partial charge in [-0.05, 0) is 26.9 Å². The van der Waals surface area contributed by atoms with Gasteiger partial charge in [0.05, 0.1) is 0 Å². The summed E-state index contributed by atoms with van der Waals surface area (Å²) in [5.74, 6) is -1.47. The first-order valence-electron chi connectivity index (χ1n) is 8.54. The van der Waals surface area contributed by atoms with Crippen LogP contribution in [0.15, 0.2) is 0 Å². The van der Waals surface area contributed by atoms with Crippen LogP contribution in [0.4, 0.5) is 0 Å². The highest BCUT2D eigenvalue weighted by Crippen LogP contribution is 2.34. The number of amides is 1. The zero-order chi connectivity index (χ0) is 17.8. The quantitative estimate of drug-likeness (QED) is 0.701. The minimum atomic E-state index is -0.682. The summed E-state index contributed by atoms with van der Waals surface area (Å²) in [6, 6.07) is 0. The van der Waals surface area contributed by atoms with Crippen LogP contribution in [0.1, 0.15) is 46.5 Å². The van der Waals surface area contributed by atoms with Crippen molar-refractivity contribution in [2.24, 2.45) is 17.3 Å². The van der Waals surface area contributed by atoms with Gasteiger partial charge in [0.2, 0.25) is 17.5 Å². The Morgan fingerprint density at radius 3 is 1.91 bits per heavy atom. The van der Waals surface area contributed by atoms with Crippen LogP contribution in [-0.2, 0) is 14.4 Å². The van der Waals surface area contributed by atoms with Crippen LogP contribution in [0.3, 0.4) is 0 Å². The lowest BCUT2D eigenvalue weighted by molar-refractivity contribution is -0.149. The molecule has 0 N–H and O–H groups in total. The fraction of sp³-hybridized carbons (Fsp3) is 0.833. The molecule has 0 radical (unpaired) electrons. The van der Waals surface area contributed by atoms with E-state index in [1.54, 1.807) is 32.7 Å². The molecule has 0 bridgehead atoms. The van der Waals surface area contributed by atoms with E-state index >= 15 is 0 Å². The van der Waals surface area contributed by atoms with Crippen LogP contribution < -0.4 is 0 Å². The molecule has 1 aliphatic rings. The van der Waals surface area contributed by atoms with E-state index in [0.29, 0.717) is 19.4 Å². The first-order valence-corrected chi connectivity index (χ1v) is 8.54. The number of hydrogen-bond donors (Lipinski definition) is 0. The summed E-state index contributed by atoms with van der Waals surface area (Å²) in [5.41, 5.74) is -0.682. The predicted molar refractivity (Wildman–Crippen MR) is 91.1 cm³/mol. The van der Waals surface area contributed by atoms with Gasteiger partial charge >= 0.3 is 0 Å². The lowest BCUT2D eigenvalue weighted by Crippen LogP contribution is -2.45. The molecule has 23 heavy (non-hydrogen) atoms. The molecule has 5 nitrogen and oxygen atoms in total. The number of carbonyl (C=O) groups excluding carboxylic acids is 3. The highest BCUT2D eigenvalue weighted by atomic mass is 16.2. The largest absolute Gasteiger partial charge is 0.344 e. The van der Waals surface area contributed by atoms with Gasteiger partial charge in [0, 0.05) is 37.4 Å². The number of likely N-dealkylation sites (N-methyl/N-ethyl adjacent to an activating group) is 2. The molecule has 1 rings (SSSR count). The SMILES string of the molecule is CN(C)CCN(C)C(=O)[C@H]1CCCC[C@H]1C(=O)C(=O)C(C)(C)C. The normalized spacial score (nSPS) is 22.0. The Morgan fingerprint density at radius 2 is 1.43 bits per heavy atom. The van der Waals surface area contributed by atoms with Gasteiger partial charge in [-0.2, -0.15) is 0 Å². The van der Waals surface area contributed by atoms with Gasteiger partial charge < -0.3 is 9.80 Å². The maximum absolute atomic E-state index is 12.7. The van der Waals surface area contributed by atoms with Crippen LogP contribution in [-0.4, -0.2) is 61.5 Å². The summed E-state index contributed by atoms with van der Waals surface area (Å²) in [6.45, 7) is 6.70. The monoisotopic (exact) mass is 324 g/mol. The molecule has 132 valence electrons. The Morgan fingerprint density at radius 1 is 0.913 bits per heavy atom. The zero-order valence-corrected chi connectivity index (χ0v) is 15.5. The topological polar surface area (TPSA) is 57.7 Å². The highest BCUT2D eigenvalue weighted by molar-refractivity contribution is 6.40. The number of carbonyl (C=O) groups is 3. The average Bonchev–Trinajstić information content (AvgIpc) is 2.49. The molecule has 0 aromatic carbocycles. The zero-order valence-electron chi connectivity index (χ0n) is 15.5. The maximum Gasteiger partial charge on any atom is 0.226 e. The van der Waals surface area contributed by atoms with Crippen LogP contribution in [0.2, 0.25) is 0 Å². The number of nitrogens with zero attached hydrogens (tertiary/aromatic N) is 2. The Labute approximate surface area is 140 Å². The summed E-state index contributed by atoms with van der Waals surface area (Å²) in [4.78, 5) is 41.4. The summed E-state index contributed by atoms with van der Waals surface area (Å²) in [6.07, 6.45) is 3.22. The molecular formula is C18H32N2O3. The molecule has 1 amide bonds.